The maximum atomic E-state index is 11.9. The molecule has 7 nitrogen and oxygen atoms in total. The molecule has 26 heavy (non-hydrogen) atoms. The molecular formula is C17H23ClN4O3S. The van der Waals surface area contributed by atoms with Crippen molar-refractivity contribution >= 4 is 35.6 Å². The first-order valence-corrected chi connectivity index (χ1v) is 8.64. The fourth-order valence-electron chi connectivity index (χ4n) is 2.28. The lowest BCUT2D eigenvalue weighted by molar-refractivity contribution is -0.125. The number of nitrogens with zero attached hydrogens (tertiary/aromatic N) is 1. The van der Waals surface area contributed by atoms with Gasteiger partial charge in [0.05, 0.1) is 36.8 Å². The van der Waals surface area contributed by atoms with Crippen molar-refractivity contribution in [1.29, 1.82) is 0 Å². The fourth-order valence-corrected chi connectivity index (χ4v) is 3.35. The van der Waals surface area contributed by atoms with Crippen molar-refractivity contribution in [2.75, 3.05) is 20.2 Å². The molecule has 0 radical (unpaired) electrons. The van der Waals surface area contributed by atoms with Crippen LogP contribution in [0.15, 0.2) is 24.3 Å². The predicted octanol–water partition coefficient (Wildman–Crippen LogP) is 1.80. The maximum absolute atomic E-state index is 11.9. The van der Waals surface area contributed by atoms with Crippen LogP contribution in [0.1, 0.15) is 23.5 Å². The lowest BCUT2D eigenvalue weighted by Gasteiger charge is -2.13. The second-order valence-electron chi connectivity index (χ2n) is 5.47. The summed E-state index contributed by atoms with van der Waals surface area (Å²) < 4.78 is 5.16. The van der Waals surface area contributed by atoms with Crippen LogP contribution in [0.5, 0.6) is 5.75 Å². The van der Waals surface area contributed by atoms with Crippen molar-refractivity contribution in [3.63, 3.8) is 0 Å². The molecule has 1 unspecified atom stereocenters. The number of ether oxygens (including phenoxy) is 1. The Labute approximate surface area is 162 Å². The molecule has 0 aliphatic rings. The normalized spacial score (nSPS) is 11.2. The minimum absolute atomic E-state index is 0. The highest BCUT2D eigenvalue weighted by molar-refractivity contribution is 7.15. The number of rotatable bonds is 7. The highest BCUT2D eigenvalue weighted by Gasteiger charge is 2.17. The smallest absolute Gasteiger partial charge is 0.239 e. The summed E-state index contributed by atoms with van der Waals surface area (Å²) in [6.45, 7) is 3.57. The first kappa shape index (κ1) is 21.9. The van der Waals surface area contributed by atoms with Crippen LogP contribution in [-0.4, -0.2) is 37.0 Å². The van der Waals surface area contributed by atoms with E-state index in [0.29, 0.717) is 0 Å². The van der Waals surface area contributed by atoms with Crippen LogP contribution in [0, 0.1) is 6.92 Å². The third-order valence-corrected chi connectivity index (χ3v) is 4.96. The zero-order valence-electron chi connectivity index (χ0n) is 14.9. The Bertz CT molecular complexity index is 749. The van der Waals surface area contributed by atoms with E-state index in [9.17, 15) is 9.59 Å². The summed E-state index contributed by atoms with van der Waals surface area (Å²) in [5, 5.41) is 6.18. The minimum Gasteiger partial charge on any atom is -0.497 e. The maximum Gasteiger partial charge on any atom is 0.239 e. The number of hydrogen-bond acceptors (Lipinski definition) is 6. The summed E-state index contributed by atoms with van der Waals surface area (Å²) in [4.78, 5) is 28.6. The van der Waals surface area contributed by atoms with Crippen LogP contribution in [0.3, 0.4) is 0 Å². The average molecular weight is 399 g/mol. The summed E-state index contributed by atoms with van der Waals surface area (Å²) in [6.07, 6.45) is 0. The van der Waals surface area contributed by atoms with E-state index in [1.807, 2.05) is 38.1 Å². The SMILES string of the molecule is COc1ccc(-c2nc(C)c(C(C)NC(=O)CNC(=O)CN)s2)cc1.Cl. The van der Waals surface area contributed by atoms with Crippen LogP contribution in [0.25, 0.3) is 10.6 Å². The molecule has 0 fully saturated rings. The molecule has 0 aliphatic carbocycles. The first-order valence-electron chi connectivity index (χ1n) is 7.82. The summed E-state index contributed by atoms with van der Waals surface area (Å²) in [5.74, 6) is 0.157. The van der Waals surface area contributed by atoms with Gasteiger partial charge < -0.3 is 21.1 Å². The number of amides is 2. The summed E-state index contributed by atoms with van der Waals surface area (Å²) >= 11 is 1.53. The topological polar surface area (TPSA) is 106 Å². The van der Waals surface area contributed by atoms with E-state index in [1.54, 1.807) is 7.11 Å². The predicted molar refractivity (Wildman–Crippen MR) is 105 cm³/mol. The van der Waals surface area contributed by atoms with Gasteiger partial charge in [-0.1, -0.05) is 0 Å². The first-order chi connectivity index (χ1) is 11.9. The van der Waals surface area contributed by atoms with Crippen molar-refractivity contribution in [3.8, 4) is 16.3 Å². The number of aryl methyl sites for hydroxylation is 1. The number of carbonyl (C=O) groups excluding carboxylic acids is 2. The van der Waals surface area contributed by atoms with Gasteiger partial charge in [0.2, 0.25) is 11.8 Å². The molecule has 1 heterocycles. The van der Waals surface area contributed by atoms with Gasteiger partial charge in [-0.2, -0.15) is 0 Å². The number of aromatic nitrogens is 1. The number of nitrogens with one attached hydrogen (secondary N) is 2. The molecule has 1 aromatic carbocycles. The van der Waals surface area contributed by atoms with Crippen molar-refractivity contribution in [2.24, 2.45) is 5.73 Å². The number of benzene rings is 1. The molecule has 2 aromatic rings. The molecule has 2 amide bonds. The molecule has 9 heteroatoms. The van der Waals surface area contributed by atoms with Crippen LogP contribution in [0.2, 0.25) is 0 Å². The van der Waals surface area contributed by atoms with Crippen LogP contribution >= 0.6 is 23.7 Å². The average Bonchev–Trinajstić information content (AvgIpc) is 3.01. The van der Waals surface area contributed by atoms with Gasteiger partial charge in [0.25, 0.3) is 0 Å². The molecule has 1 aromatic heterocycles. The van der Waals surface area contributed by atoms with Gasteiger partial charge >= 0.3 is 0 Å². The molecule has 142 valence electrons. The number of halogens is 1. The molecule has 2 rings (SSSR count). The third-order valence-electron chi connectivity index (χ3n) is 3.57. The molecule has 0 spiro atoms. The lowest BCUT2D eigenvalue weighted by atomic mass is 10.2. The summed E-state index contributed by atoms with van der Waals surface area (Å²) in [5.41, 5.74) is 7.05. The molecule has 4 N–H and O–H groups in total. The number of carbonyl (C=O) groups is 2. The second kappa shape index (κ2) is 10.1. The standard InChI is InChI=1S/C17H22N4O3S.ClH/c1-10(20-15(23)9-19-14(22)8-18)16-11(2)21-17(25-16)12-4-6-13(24-3)7-5-12;/h4-7,10H,8-9,18H2,1-3H3,(H,19,22)(H,20,23);1H. The molecule has 0 saturated heterocycles. The Kier molecular flexibility index (Phi) is 8.50. The second-order valence-corrected chi connectivity index (χ2v) is 6.50. The van der Waals surface area contributed by atoms with E-state index >= 15 is 0 Å². The highest BCUT2D eigenvalue weighted by Crippen LogP contribution is 2.32. The van der Waals surface area contributed by atoms with Crippen molar-refractivity contribution in [3.05, 3.63) is 34.8 Å². The van der Waals surface area contributed by atoms with E-state index in [-0.39, 0.29) is 43.4 Å². The Morgan fingerprint density at radius 1 is 1.27 bits per heavy atom. The van der Waals surface area contributed by atoms with Crippen LogP contribution in [0.4, 0.5) is 0 Å². The zero-order valence-corrected chi connectivity index (χ0v) is 16.5. The highest BCUT2D eigenvalue weighted by atomic mass is 35.5. The fraction of sp³-hybridized carbons (Fsp3) is 0.353. The van der Waals surface area contributed by atoms with Crippen molar-refractivity contribution in [1.82, 2.24) is 15.6 Å². The lowest BCUT2D eigenvalue weighted by Crippen LogP contribution is -2.40. The quantitative estimate of drug-likeness (QED) is 0.659. The van der Waals surface area contributed by atoms with Gasteiger partial charge in [0.1, 0.15) is 10.8 Å². The Balaban J connectivity index is 0.00000338. The van der Waals surface area contributed by atoms with Gasteiger partial charge in [-0.05, 0) is 38.1 Å². The van der Waals surface area contributed by atoms with E-state index < -0.39 is 0 Å². The minimum atomic E-state index is -0.362. The number of methoxy groups -OCH3 is 1. The molecular weight excluding hydrogens is 376 g/mol. The van der Waals surface area contributed by atoms with E-state index in [1.165, 1.54) is 11.3 Å². The van der Waals surface area contributed by atoms with Gasteiger partial charge in [0.15, 0.2) is 0 Å². The summed E-state index contributed by atoms with van der Waals surface area (Å²) in [6, 6.07) is 7.47. The number of hydrogen-bond donors (Lipinski definition) is 3. The third kappa shape index (κ3) is 5.69. The molecule has 1 atom stereocenters. The summed E-state index contributed by atoms with van der Waals surface area (Å²) in [7, 11) is 1.63. The van der Waals surface area contributed by atoms with Crippen molar-refractivity contribution < 1.29 is 14.3 Å². The Hall–Kier alpha value is -2.16. The van der Waals surface area contributed by atoms with Gasteiger partial charge in [-0.15, -0.1) is 23.7 Å². The molecule has 0 aliphatic heterocycles. The zero-order chi connectivity index (χ0) is 18.4. The monoisotopic (exact) mass is 398 g/mol. The van der Waals surface area contributed by atoms with Gasteiger partial charge in [0, 0.05) is 5.56 Å². The molecule has 0 saturated carbocycles. The van der Waals surface area contributed by atoms with Gasteiger partial charge in [-0.3, -0.25) is 9.59 Å². The molecule has 0 bridgehead atoms. The number of nitrogens with two attached hydrogens (primary N) is 1. The van der Waals surface area contributed by atoms with Crippen LogP contribution < -0.4 is 21.1 Å². The van der Waals surface area contributed by atoms with Crippen molar-refractivity contribution in [2.45, 2.75) is 19.9 Å². The number of thiazole rings is 1. The van der Waals surface area contributed by atoms with E-state index in [4.69, 9.17) is 10.5 Å². The van der Waals surface area contributed by atoms with Gasteiger partial charge in [-0.25, -0.2) is 4.98 Å². The van der Waals surface area contributed by atoms with Crippen LogP contribution in [-0.2, 0) is 9.59 Å². The Morgan fingerprint density at radius 3 is 2.50 bits per heavy atom. The van der Waals surface area contributed by atoms with E-state index in [2.05, 4.69) is 15.6 Å². The largest absolute Gasteiger partial charge is 0.497 e. The Morgan fingerprint density at radius 2 is 1.92 bits per heavy atom. The van der Waals surface area contributed by atoms with E-state index in [0.717, 1.165) is 26.9 Å².